The zero-order chi connectivity index (χ0) is 21.5. The summed E-state index contributed by atoms with van der Waals surface area (Å²) in [5.41, 5.74) is 2.72. The van der Waals surface area contributed by atoms with Gasteiger partial charge in [-0.15, -0.1) is 17.9 Å². The topological polar surface area (TPSA) is 57.3 Å². The first kappa shape index (κ1) is 21.9. The summed E-state index contributed by atoms with van der Waals surface area (Å²) in [5, 5.41) is 6.75. The molecule has 0 atom stereocenters. The molecule has 0 spiro atoms. The molecule has 1 heterocycles. The second kappa shape index (κ2) is 10.3. The predicted octanol–water partition coefficient (Wildman–Crippen LogP) is 4.97. The molecule has 1 aromatic heterocycles. The molecule has 0 aliphatic heterocycles. The first-order chi connectivity index (χ1) is 14.6. The van der Waals surface area contributed by atoms with Crippen molar-refractivity contribution in [2.75, 3.05) is 27.9 Å². The number of methoxy groups -OCH3 is 3. The summed E-state index contributed by atoms with van der Waals surface area (Å²) >= 11 is 5.00. The zero-order valence-electron chi connectivity index (χ0n) is 17.0. The molecule has 0 radical (unpaired) electrons. The molecule has 30 heavy (non-hydrogen) atoms. The fourth-order valence-electron chi connectivity index (χ4n) is 2.75. The Balaban J connectivity index is 2.11. The van der Waals surface area contributed by atoms with Crippen LogP contribution in [0.25, 0.3) is 11.3 Å². The van der Waals surface area contributed by atoms with E-state index >= 15 is 0 Å². The van der Waals surface area contributed by atoms with E-state index in [1.807, 2.05) is 40.4 Å². The summed E-state index contributed by atoms with van der Waals surface area (Å²) in [5.74, 6) is 1.81. The van der Waals surface area contributed by atoms with Crippen LogP contribution in [0.15, 0.2) is 69.0 Å². The third-order valence-corrected chi connectivity index (χ3v) is 5.61. The van der Waals surface area contributed by atoms with Crippen molar-refractivity contribution in [3.63, 3.8) is 0 Å². The van der Waals surface area contributed by atoms with E-state index in [1.165, 1.54) is 11.3 Å². The van der Waals surface area contributed by atoms with Crippen LogP contribution in [0.5, 0.6) is 17.2 Å². The molecule has 0 unspecified atom stereocenters. The normalized spacial score (nSPS) is 11.7. The number of nitrogens with zero attached hydrogens (tertiary/aromatic N) is 3. The maximum Gasteiger partial charge on any atom is 0.206 e. The molecule has 8 heteroatoms. The summed E-state index contributed by atoms with van der Waals surface area (Å²) in [6.45, 7) is 4.26. The van der Waals surface area contributed by atoms with E-state index in [-0.39, 0.29) is 0 Å². The van der Waals surface area contributed by atoms with Crippen molar-refractivity contribution in [1.29, 1.82) is 0 Å². The predicted molar refractivity (Wildman–Crippen MR) is 125 cm³/mol. The Bertz CT molecular complexity index is 1120. The molecule has 6 nitrogen and oxygen atoms in total. The van der Waals surface area contributed by atoms with Gasteiger partial charge in [-0.25, -0.2) is 4.68 Å². The third-order valence-electron chi connectivity index (χ3n) is 4.23. The van der Waals surface area contributed by atoms with Crippen molar-refractivity contribution in [1.82, 2.24) is 4.68 Å². The highest BCUT2D eigenvalue weighted by Gasteiger charge is 2.12. The molecule has 0 N–H and O–H groups in total. The van der Waals surface area contributed by atoms with E-state index in [2.05, 4.69) is 27.5 Å². The van der Waals surface area contributed by atoms with Crippen LogP contribution in [0.1, 0.15) is 5.56 Å². The average molecular weight is 488 g/mol. The van der Waals surface area contributed by atoms with Gasteiger partial charge in [0, 0.05) is 27.0 Å². The van der Waals surface area contributed by atoms with Gasteiger partial charge in [-0.1, -0.05) is 34.1 Å². The van der Waals surface area contributed by atoms with Gasteiger partial charge in [0.25, 0.3) is 0 Å². The number of halogens is 1. The molecule has 0 aliphatic carbocycles. The van der Waals surface area contributed by atoms with Crippen LogP contribution in [0.3, 0.4) is 0 Å². The first-order valence-electron chi connectivity index (χ1n) is 9.03. The molecule has 156 valence electrons. The second-order valence-electron chi connectivity index (χ2n) is 6.05. The number of rotatable bonds is 8. The molecule has 3 rings (SSSR count). The zero-order valence-corrected chi connectivity index (χ0v) is 19.4. The van der Waals surface area contributed by atoms with Gasteiger partial charge in [-0.2, -0.15) is 5.10 Å². The molecule has 0 aliphatic rings. The molecule has 0 bridgehead atoms. The Morgan fingerprint density at radius 2 is 1.70 bits per heavy atom. The number of benzene rings is 2. The van der Waals surface area contributed by atoms with Crippen molar-refractivity contribution in [3.8, 4) is 28.5 Å². The summed E-state index contributed by atoms with van der Waals surface area (Å²) in [4.78, 5) is 5.34. The van der Waals surface area contributed by atoms with Crippen molar-refractivity contribution >= 4 is 33.5 Å². The number of ether oxygens (including phenoxy) is 3. The molecule has 0 saturated carbocycles. The SMILES string of the molecule is C=CCN=c1scc(-c2ccc(Br)cc2)n1N=Cc1cc(OC)c(OC)cc1OC. The van der Waals surface area contributed by atoms with Gasteiger partial charge in [-0.3, -0.25) is 4.99 Å². The van der Waals surface area contributed by atoms with E-state index in [1.54, 1.807) is 39.7 Å². The number of hydrogen-bond acceptors (Lipinski definition) is 6. The van der Waals surface area contributed by atoms with Crippen molar-refractivity contribution in [2.45, 2.75) is 0 Å². The summed E-state index contributed by atoms with van der Waals surface area (Å²) < 4.78 is 19.1. The fraction of sp³-hybridized carbons (Fsp3) is 0.182. The highest BCUT2D eigenvalue weighted by atomic mass is 79.9. The molecule has 0 saturated heterocycles. The lowest BCUT2D eigenvalue weighted by Gasteiger charge is -2.12. The maximum atomic E-state index is 5.51. The van der Waals surface area contributed by atoms with Crippen molar-refractivity contribution < 1.29 is 14.2 Å². The van der Waals surface area contributed by atoms with Gasteiger partial charge in [0.05, 0.1) is 39.8 Å². The van der Waals surface area contributed by atoms with Crippen LogP contribution >= 0.6 is 27.3 Å². The number of hydrogen-bond donors (Lipinski definition) is 0. The Kier molecular flexibility index (Phi) is 7.48. The number of aromatic nitrogens is 1. The monoisotopic (exact) mass is 487 g/mol. The lowest BCUT2D eigenvalue weighted by Crippen LogP contribution is -2.12. The minimum atomic E-state index is 0.509. The minimum absolute atomic E-state index is 0.509. The highest BCUT2D eigenvalue weighted by molar-refractivity contribution is 9.10. The Labute approximate surface area is 187 Å². The van der Waals surface area contributed by atoms with Gasteiger partial charge in [-0.05, 0) is 18.2 Å². The van der Waals surface area contributed by atoms with Crippen LogP contribution in [0.4, 0.5) is 0 Å². The largest absolute Gasteiger partial charge is 0.496 e. The van der Waals surface area contributed by atoms with Gasteiger partial charge in [0.1, 0.15) is 5.75 Å². The van der Waals surface area contributed by atoms with E-state index in [0.717, 1.165) is 26.1 Å². The Hall–Kier alpha value is -2.84. The molecular formula is C22H22BrN3O3S. The fourth-order valence-corrected chi connectivity index (χ4v) is 3.87. The van der Waals surface area contributed by atoms with Gasteiger partial charge in [0.2, 0.25) is 4.80 Å². The quantitative estimate of drug-likeness (QED) is 0.332. The molecule has 0 amide bonds. The average Bonchev–Trinajstić information content (AvgIpc) is 3.18. The molecule has 2 aromatic carbocycles. The second-order valence-corrected chi connectivity index (χ2v) is 7.80. The van der Waals surface area contributed by atoms with E-state index in [4.69, 9.17) is 19.3 Å². The lowest BCUT2D eigenvalue weighted by molar-refractivity contribution is 0.349. The van der Waals surface area contributed by atoms with E-state index in [9.17, 15) is 0 Å². The Morgan fingerprint density at radius 1 is 1.03 bits per heavy atom. The smallest absolute Gasteiger partial charge is 0.206 e. The van der Waals surface area contributed by atoms with Crippen molar-refractivity contribution in [2.24, 2.45) is 10.1 Å². The molecule has 3 aromatic rings. The standard InChI is InChI=1S/C22H22BrN3O3S/c1-5-10-24-22-26(18(14-30-22)15-6-8-17(23)9-7-15)25-13-16-11-20(28-3)21(29-4)12-19(16)27-2/h5-9,11-14H,1,10H2,2-4H3. The van der Waals surface area contributed by atoms with Crippen LogP contribution in [-0.4, -0.2) is 38.8 Å². The van der Waals surface area contributed by atoms with Crippen LogP contribution in [0, 0.1) is 0 Å². The molecular weight excluding hydrogens is 466 g/mol. The van der Waals surface area contributed by atoms with Crippen LogP contribution < -0.4 is 19.0 Å². The Morgan fingerprint density at radius 3 is 2.33 bits per heavy atom. The highest BCUT2D eigenvalue weighted by Crippen LogP contribution is 2.34. The van der Waals surface area contributed by atoms with Gasteiger partial charge < -0.3 is 14.2 Å². The summed E-state index contributed by atoms with van der Waals surface area (Å²) in [6, 6.07) is 11.7. The summed E-state index contributed by atoms with van der Waals surface area (Å²) in [6.07, 6.45) is 3.48. The van der Waals surface area contributed by atoms with Gasteiger partial charge >= 0.3 is 0 Å². The first-order valence-corrected chi connectivity index (χ1v) is 10.7. The van der Waals surface area contributed by atoms with Crippen molar-refractivity contribution in [3.05, 3.63) is 69.3 Å². The van der Waals surface area contributed by atoms with E-state index in [0.29, 0.717) is 23.8 Å². The summed E-state index contributed by atoms with van der Waals surface area (Å²) in [7, 11) is 4.79. The van der Waals surface area contributed by atoms with Gasteiger partial charge in [0.15, 0.2) is 11.5 Å². The third kappa shape index (κ3) is 4.83. The molecule has 0 fully saturated rings. The lowest BCUT2D eigenvalue weighted by atomic mass is 10.2. The van der Waals surface area contributed by atoms with Crippen LogP contribution in [-0.2, 0) is 0 Å². The van der Waals surface area contributed by atoms with E-state index < -0.39 is 0 Å². The maximum absolute atomic E-state index is 5.51. The number of thiazole rings is 1. The van der Waals surface area contributed by atoms with Crippen LogP contribution in [0.2, 0.25) is 0 Å². The minimum Gasteiger partial charge on any atom is -0.496 e.